The van der Waals surface area contributed by atoms with Crippen molar-refractivity contribution in [3.63, 3.8) is 0 Å². The molecular weight excluding hydrogens is 283 g/mol. The lowest BCUT2D eigenvalue weighted by Crippen LogP contribution is -2.35. The molecule has 1 heterocycles. The Balaban J connectivity index is 2.88. The monoisotopic (exact) mass is 292 g/mol. The Morgan fingerprint density at radius 1 is 1.73 bits per heavy atom. The van der Waals surface area contributed by atoms with Gasteiger partial charge in [-0.15, -0.1) is 0 Å². The number of carbonyl (C=O) groups is 1. The standard InChI is InChI=1S/C8H10BrClN4O/c1-2-4(7(11)15)14-8-5(9)6(10)12-3-13-8/h3-4H,2H2,1H3,(H2,11,15)(H,12,13,14). The van der Waals surface area contributed by atoms with Crippen molar-refractivity contribution in [3.05, 3.63) is 16.0 Å². The zero-order chi connectivity index (χ0) is 11.4. The molecule has 7 heteroatoms. The summed E-state index contributed by atoms with van der Waals surface area (Å²) in [6.45, 7) is 1.85. The molecule has 1 atom stereocenters. The summed E-state index contributed by atoms with van der Waals surface area (Å²) in [6, 6.07) is -0.465. The number of hydrogen-bond acceptors (Lipinski definition) is 4. The topological polar surface area (TPSA) is 80.9 Å². The summed E-state index contributed by atoms with van der Waals surface area (Å²) in [6.07, 6.45) is 1.88. The average Bonchev–Trinajstić information content (AvgIpc) is 2.19. The Morgan fingerprint density at radius 2 is 2.40 bits per heavy atom. The number of rotatable bonds is 4. The van der Waals surface area contributed by atoms with Gasteiger partial charge >= 0.3 is 0 Å². The molecule has 0 bridgehead atoms. The number of amides is 1. The van der Waals surface area contributed by atoms with Crippen LogP contribution in [0.25, 0.3) is 0 Å². The Hall–Kier alpha value is -0.880. The van der Waals surface area contributed by atoms with E-state index in [0.717, 1.165) is 0 Å². The van der Waals surface area contributed by atoms with Gasteiger partial charge in [0.1, 0.15) is 23.3 Å². The van der Waals surface area contributed by atoms with Crippen LogP contribution in [0.3, 0.4) is 0 Å². The molecule has 1 unspecified atom stereocenters. The SMILES string of the molecule is CCC(Nc1ncnc(Cl)c1Br)C(N)=O. The van der Waals surface area contributed by atoms with Crippen LogP contribution in [0.4, 0.5) is 5.82 Å². The average molecular weight is 294 g/mol. The first-order valence-electron chi connectivity index (χ1n) is 4.28. The van der Waals surface area contributed by atoms with Crippen molar-refractivity contribution in [2.24, 2.45) is 5.73 Å². The first kappa shape index (κ1) is 12.2. The molecule has 15 heavy (non-hydrogen) atoms. The molecular formula is C8H10BrClN4O. The van der Waals surface area contributed by atoms with Gasteiger partial charge in [0.2, 0.25) is 5.91 Å². The second-order valence-corrected chi connectivity index (χ2v) is 3.99. The Morgan fingerprint density at radius 3 is 2.93 bits per heavy atom. The summed E-state index contributed by atoms with van der Waals surface area (Å²) < 4.78 is 0.520. The number of primary amides is 1. The highest BCUT2D eigenvalue weighted by Crippen LogP contribution is 2.26. The van der Waals surface area contributed by atoms with Crippen LogP contribution in [-0.4, -0.2) is 21.9 Å². The number of carbonyl (C=O) groups excluding carboxylic acids is 1. The Labute approximate surface area is 101 Å². The van der Waals surface area contributed by atoms with Crippen LogP contribution in [0.2, 0.25) is 5.15 Å². The molecule has 5 nitrogen and oxygen atoms in total. The maximum atomic E-state index is 11.0. The largest absolute Gasteiger partial charge is 0.368 e. The van der Waals surface area contributed by atoms with Crippen LogP contribution in [0, 0.1) is 0 Å². The number of halogens is 2. The number of nitrogens with one attached hydrogen (secondary N) is 1. The van der Waals surface area contributed by atoms with Crippen molar-refractivity contribution in [2.45, 2.75) is 19.4 Å². The normalized spacial score (nSPS) is 12.2. The second-order valence-electron chi connectivity index (χ2n) is 2.83. The van der Waals surface area contributed by atoms with Gasteiger partial charge in [-0.05, 0) is 22.4 Å². The highest BCUT2D eigenvalue weighted by Gasteiger charge is 2.15. The first-order valence-corrected chi connectivity index (χ1v) is 5.45. The minimum Gasteiger partial charge on any atom is -0.368 e. The number of nitrogens with two attached hydrogens (primary N) is 1. The highest BCUT2D eigenvalue weighted by atomic mass is 79.9. The fourth-order valence-corrected chi connectivity index (χ4v) is 1.44. The van der Waals surface area contributed by atoms with E-state index in [0.29, 0.717) is 16.7 Å². The van der Waals surface area contributed by atoms with Crippen molar-refractivity contribution >= 4 is 39.3 Å². The van der Waals surface area contributed by atoms with Crippen LogP contribution < -0.4 is 11.1 Å². The summed E-state index contributed by atoms with van der Waals surface area (Å²) in [7, 11) is 0. The van der Waals surface area contributed by atoms with Crippen molar-refractivity contribution in [1.29, 1.82) is 0 Å². The molecule has 1 aromatic heterocycles. The number of anilines is 1. The lowest BCUT2D eigenvalue weighted by Gasteiger charge is -2.14. The van der Waals surface area contributed by atoms with Crippen molar-refractivity contribution in [1.82, 2.24) is 9.97 Å². The molecule has 1 aromatic rings. The summed E-state index contributed by atoms with van der Waals surface area (Å²) in [4.78, 5) is 18.7. The molecule has 0 saturated heterocycles. The summed E-state index contributed by atoms with van der Waals surface area (Å²) in [5.41, 5.74) is 5.19. The van der Waals surface area contributed by atoms with Crippen molar-refractivity contribution in [2.75, 3.05) is 5.32 Å². The van der Waals surface area contributed by atoms with Gasteiger partial charge in [-0.25, -0.2) is 9.97 Å². The van der Waals surface area contributed by atoms with Gasteiger partial charge < -0.3 is 11.1 Å². The molecule has 1 rings (SSSR count). The Bertz CT molecular complexity index is 374. The highest BCUT2D eigenvalue weighted by molar-refractivity contribution is 9.10. The smallest absolute Gasteiger partial charge is 0.239 e. The quantitative estimate of drug-likeness (QED) is 0.826. The third kappa shape index (κ3) is 3.04. The van der Waals surface area contributed by atoms with E-state index in [9.17, 15) is 4.79 Å². The maximum Gasteiger partial charge on any atom is 0.239 e. The molecule has 82 valence electrons. The van der Waals surface area contributed by atoms with E-state index in [1.54, 1.807) is 0 Å². The van der Waals surface area contributed by atoms with Gasteiger partial charge in [0.15, 0.2) is 0 Å². The molecule has 0 aliphatic carbocycles. The maximum absolute atomic E-state index is 11.0. The van der Waals surface area contributed by atoms with Crippen molar-refractivity contribution < 1.29 is 4.79 Å². The predicted octanol–water partition coefficient (Wildman–Crippen LogP) is 1.57. The zero-order valence-corrected chi connectivity index (χ0v) is 10.3. The van der Waals surface area contributed by atoms with Crippen LogP contribution >= 0.6 is 27.5 Å². The molecule has 0 aliphatic heterocycles. The fourth-order valence-electron chi connectivity index (χ4n) is 0.988. The third-order valence-corrected chi connectivity index (χ3v) is 3.08. The number of hydrogen-bond donors (Lipinski definition) is 2. The minimum absolute atomic E-state index is 0.284. The lowest BCUT2D eigenvalue weighted by molar-refractivity contribution is -0.118. The summed E-state index contributed by atoms with van der Waals surface area (Å²) in [5, 5.41) is 3.16. The van der Waals surface area contributed by atoms with Gasteiger partial charge in [0.05, 0.1) is 4.47 Å². The van der Waals surface area contributed by atoms with Crippen LogP contribution in [0.5, 0.6) is 0 Å². The van der Waals surface area contributed by atoms with E-state index in [4.69, 9.17) is 17.3 Å². The van der Waals surface area contributed by atoms with Gasteiger partial charge in [-0.2, -0.15) is 0 Å². The molecule has 1 amide bonds. The molecule has 3 N–H and O–H groups in total. The molecule has 0 fully saturated rings. The van der Waals surface area contributed by atoms with Gasteiger partial charge in [0, 0.05) is 0 Å². The molecule has 0 radical (unpaired) electrons. The fraction of sp³-hybridized carbons (Fsp3) is 0.375. The van der Waals surface area contributed by atoms with Crippen LogP contribution in [-0.2, 0) is 4.79 Å². The first-order chi connectivity index (χ1) is 7.06. The lowest BCUT2D eigenvalue weighted by atomic mass is 10.2. The molecule has 0 spiro atoms. The summed E-state index contributed by atoms with van der Waals surface area (Å²) >= 11 is 8.98. The van der Waals surface area contributed by atoms with E-state index >= 15 is 0 Å². The van der Waals surface area contributed by atoms with E-state index in [-0.39, 0.29) is 5.15 Å². The minimum atomic E-state index is -0.465. The zero-order valence-electron chi connectivity index (χ0n) is 8.00. The van der Waals surface area contributed by atoms with E-state index < -0.39 is 11.9 Å². The summed E-state index contributed by atoms with van der Waals surface area (Å²) in [5.74, 6) is 0.0276. The molecule has 0 aromatic carbocycles. The molecule has 0 saturated carbocycles. The number of aromatic nitrogens is 2. The van der Waals surface area contributed by atoms with E-state index in [1.165, 1.54) is 6.33 Å². The molecule has 0 aliphatic rings. The number of nitrogens with zero attached hydrogens (tertiary/aromatic N) is 2. The van der Waals surface area contributed by atoms with E-state index in [1.807, 2.05) is 6.92 Å². The predicted molar refractivity (Wildman–Crippen MR) is 61.6 cm³/mol. The Kier molecular flexibility index (Phi) is 4.28. The second kappa shape index (κ2) is 5.27. The van der Waals surface area contributed by atoms with Gasteiger partial charge in [-0.1, -0.05) is 18.5 Å². The van der Waals surface area contributed by atoms with Crippen LogP contribution in [0.15, 0.2) is 10.8 Å². The van der Waals surface area contributed by atoms with Crippen LogP contribution in [0.1, 0.15) is 13.3 Å². The van der Waals surface area contributed by atoms with Gasteiger partial charge in [0.25, 0.3) is 0 Å². The third-order valence-electron chi connectivity index (χ3n) is 1.81. The van der Waals surface area contributed by atoms with E-state index in [2.05, 4.69) is 31.2 Å². The van der Waals surface area contributed by atoms with Crippen molar-refractivity contribution in [3.8, 4) is 0 Å². The van der Waals surface area contributed by atoms with Gasteiger partial charge in [-0.3, -0.25) is 4.79 Å².